The Balaban J connectivity index is 1.88. The summed E-state index contributed by atoms with van der Waals surface area (Å²) in [5.41, 5.74) is 3.05. The van der Waals surface area contributed by atoms with Crippen LogP contribution in [0.1, 0.15) is 33.3 Å². The summed E-state index contributed by atoms with van der Waals surface area (Å²) < 4.78 is 1.66. The zero-order chi connectivity index (χ0) is 24.8. The van der Waals surface area contributed by atoms with Crippen LogP contribution in [-0.2, 0) is 9.63 Å². The second-order valence-corrected chi connectivity index (χ2v) is 8.50. The number of rotatable bonds is 8. The number of nitrogens with one attached hydrogen (secondary N) is 3. The molecule has 0 saturated heterocycles. The summed E-state index contributed by atoms with van der Waals surface area (Å²) in [7, 11) is 0. The summed E-state index contributed by atoms with van der Waals surface area (Å²) in [4.78, 5) is 46.6. The van der Waals surface area contributed by atoms with Gasteiger partial charge < -0.3 is 10.6 Å². The molecule has 2 aromatic heterocycles. The fraction of sp³-hybridized carbons (Fsp3) is 0.190. The Hall–Kier alpha value is -2.99. The molecule has 0 unspecified atom stereocenters. The van der Waals surface area contributed by atoms with E-state index in [1.54, 1.807) is 32.0 Å². The van der Waals surface area contributed by atoms with Crippen molar-refractivity contribution < 1.29 is 19.2 Å². The van der Waals surface area contributed by atoms with Gasteiger partial charge in [0.05, 0.1) is 16.3 Å². The molecule has 1 aromatic carbocycles. The monoisotopic (exact) mass is 568 g/mol. The first-order valence-corrected chi connectivity index (χ1v) is 11.4. The predicted molar refractivity (Wildman–Crippen MR) is 130 cm³/mol. The molecule has 0 aliphatic heterocycles. The highest BCUT2D eigenvalue weighted by Gasteiger charge is 2.22. The summed E-state index contributed by atoms with van der Waals surface area (Å²) in [6.07, 6.45) is 1.52. The molecule has 3 amide bonds. The Morgan fingerprint density at radius 2 is 1.94 bits per heavy atom. The molecule has 178 valence electrons. The highest BCUT2D eigenvalue weighted by molar-refractivity contribution is 9.10. The second-order valence-electron chi connectivity index (χ2n) is 6.85. The van der Waals surface area contributed by atoms with Crippen LogP contribution in [0.25, 0.3) is 5.82 Å². The van der Waals surface area contributed by atoms with E-state index in [-0.39, 0.29) is 34.4 Å². The minimum absolute atomic E-state index is 0.0373. The maximum atomic E-state index is 13.2. The Labute approximate surface area is 213 Å². The number of hydrogen-bond donors (Lipinski definition) is 3. The van der Waals surface area contributed by atoms with Crippen LogP contribution in [0.4, 0.5) is 5.69 Å². The van der Waals surface area contributed by atoms with Crippen molar-refractivity contribution in [3.8, 4) is 5.82 Å². The number of likely N-dealkylation sites (N-methyl/N-ethyl adjacent to an activating group) is 1. The largest absolute Gasteiger partial charge is 0.354 e. The molecule has 0 saturated carbocycles. The molecular weight excluding hydrogens is 551 g/mol. The van der Waals surface area contributed by atoms with Gasteiger partial charge in [0.15, 0.2) is 12.4 Å². The van der Waals surface area contributed by atoms with E-state index >= 15 is 0 Å². The molecule has 0 spiro atoms. The van der Waals surface area contributed by atoms with Crippen LogP contribution < -0.4 is 16.1 Å². The van der Waals surface area contributed by atoms with Gasteiger partial charge in [-0.3, -0.25) is 19.2 Å². The van der Waals surface area contributed by atoms with E-state index in [0.717, 1.165) is 0 Å². The number of amides is 3. The lowest BCUT2D eigenvalue weighted by Gasteiger charge is -2.15. The summed E-state index contributed by atoms with van der Waals surface area (Å²) >= 11 is 15.6. The average molecular weight is 570 g/mol. The van der Waals surface area contributed by atoms with Crippen LogP contribution in [0.15, 0.2) is 41.1 Å². The van der Waals surface area contributed by atoms with E-state index in [2.05, 4.69) is 42.1 Å². The number of benzene rings is 1. The molecule has 0 fully saturated rings. The fourth-order valence-corrected chi connectivity index (χ4v) is 3.79. The lowest BCUT2D eigenvalue weighted by Crippen LogP contribution is -2.33. The minimum atomic E-state index is -0.701. The van der Waals surface area contributed by atoms with Crippen molar-refractivity contribution in [3.05, 3.63) is 68.0 Å². The van der Waals surface area contributed by atoms with Crippen LogP contribution in [0.5, 0.6) is 0 Å². The highest BCUT2D eigenvalue weighted by Crippen LogP contribution is 2.27. The van der Waals surface area contributed by atoms with E-state index in [4.69, 9.17) is 28.0 Å². The van der Waals surface area contributed by atoms with Crippen molar-refractivity contribution in [2.45, 2.75) is 13.8 Å². The zero-order valence-corrected chi connectivity index (χ0v) is 21.1. The topological polar surface area (TPSA) is 127 Å². The van der Waals surface area contributed by atoms with E-state index < -0.39 is 17.7 Å². The smallest absolute Gasteiger partial charge is 0.277 e. The first kappa shape index (κ1) is 25.6. The SMILES string of the molecule is CCNC(=O)CONC(=O)c1cc(Cl)cc(C)c1NC(=O)c1cc(Br)nn1-c1ncccc1Cl. The van der Waals surface area contributed by atoms with Gasteiger partial charge in [-0.2, -0.15) is 5.10 Å². The van der Waals surface area contributed by atoms with E-state index in [0.29, 0.717) is 21.7 Å². The number of carbonyl (C=O) groups excluding carboxylic acids is 3. The van der Waals surface area contributed by atoms with Crippen molar-refractivity contribution >= 4 is 62.5 Å². The molecule has 2 heterocycles. The van der Waals surface area contributed by atoms with Crippen molar-refractivity contribution in [2.24, 2.45) is 0 Å². The first-order chi connectivity index (χ1) is 16.2. The number of nitrogens with zero attached hydrogens (tertiary/aromatic N) is 3. The lowest BCUT2D eigenvalue weighted by atomic mass is 10.1. The van der Waals surface area contributed by atoms with Crippen molar-refractivity contribution in [2.75, 3.05) is 18.5 Å². The first-order valence-electron chi connectivity index (χ1n) is 9.88. The molecule has 3 aromatic rings. The quantitative estimate of drug-likeness (QED) is 0.355. The lowest BCUT2D eigenvalue weighted by molar-refractivity contribution is -0.127. The van der Waals surface area contributed by atoms with Gasteiger partial charge in [0.2, 0.25) is 5.91 Å². The molecule has 0 bridgehead atoms. The third kappa shape index (κ3) is 6.11. The molecular formula is C21H19BrCl2N6O4. The van der Waals surface area contributed by atoms with E-state index in [1.165, 1.54) is 23.0 Å². The van der Waals surface area contributed by atoms with Crippen LogP contribution in [0, 0.1) is 6.92 Å². The third-order valence-corrected chi connectivity index (χ3v) is 5.28. The Kier molecular flexibility index (Phi) is 8.61. The number of hydrogen-bond acceptors (Lipinski definition) is 6. The Morgan fingerprint density at radius 3 is 2.65 bits per heavy atom. The Morgan fingerprint density at radius 1 is 1.18 bits per heavy atom. The fourth-order valence-electron chi connectivity index (χ4n) is 2.94. The highest BCUT2D eigenvalue weighted by atomic mass is 79.9. The molecule has 0 aliphatic rings. The number of halogens is 3. The molecule has 10 nitrogen and oxygen atoms in total. The molecule has 34 heavy (non-hydrogen) atoms. The maximum absolute atomic E-state index is 13.2. The molecule has 3 rings (SSSR count). The number of hydroxylamine groups is 1. The maximum Gasteiger partial charge on any atom is 0.277 e. The molecule has 0 atom stereocenters. The number of pyridine rings is 1. The Bertz CT molecular complexity index is 1250. The normalized spacial score (nSPS) is 10.6. The van der Waals surface area contributed by atoms with Gasteiger partial charge in [0.1, 0.15) is 10.3 Å². The minimum Gasteiger partial charge on any atom is -0.354 e. The number of carbonyl (C=O) groups is 3. The van der Waals surface area contributed by atoms with Crippen LogP contribution in [-0.4, -0.2) is 45.6 Å². The van der Waals surface area contributed by atoms with Crippen LogP contribution in [0.3, 0.4) is 0 Å². The van der Waals surface area contributed by atoms with Gasteiger partial charge in [0.25, 0.3) is 11.8 Å². The summed E-state index contributed by atoms with van der Waals surface area (Å²) in [5, 5.41) is 10.1. The van der Waals surface area contributed by atoms with Gasteiger partial charge in [-0.15, -0.1) is 0 Å². The second kappa shape index (κ2) is 11.4. The van der Waals surface area contributed by atoms with Gasteiger partial charge in [-0.05, 0) is 59.6 Å². The molecule has 13 heteroatoms. The average Bonchev–Trinajstić information content (AvgIpc) is 3.17. The molecule has 0 aliphatic carbocycles. The third-order valence-electron chi connectivity index (χ3n) is 4.38. The summed E-state index contributed by atoms with van der Waals surface area (Å²) in [6, 6.07) is 7.72. The van der Waals surface area contributed by atoms with Crippen molar-refractivity contribution in [1.82, 2.24) is 25.6 Å². The summed E-state index contributed by atoms with van der Waals surface area (Å²) in [5.74, 6) is -1.43. The number of aromatic nitrogens is 3. The van der Waals surface area contributed by atoms with E-state index in [1.807, 2.05) is 0 Å². The standard InChI is InChI=1S/C21H19BrCl2N6O4/c1-3-25-17(31)10-34-29-20(32)13-8-12(23)7-11(2)18(13)27-21(33)15-9-16(22)28-30(15)19-14(24)5-4-6-26-19/h4-9H,3,10H2,1-2H3,(H,25,31)(H,27,33)(H,29,32). The van der Waals surface area contributed by atoms with Crippen molar-refractivity contribution in [3.63, 3.8) is 0 Å². The predicted octanol–water partition coefficient (Wildman–Crippen LogP) is 3.69. The van der Waals surface area contributed by atoms with Gasteiger partial charge in [0, 0.05) is 23.8 Å². The summed E-state index contributed by atoms with van der Waals surface area (Å²) in [6.45, 7) is 3.48. The number of anilines is 1. The zero-order valence-electron chi connectivity index (χ0n) is 18.0. The van der Waals surface area contributed by atoms with Gasteiger partial charge in [-0.1, -0.05) is 23.2 Å². The molecule has 3 N–H and O–H groups in total. The van der Waals surface area contributed by atoms with Crippen molar-refractivity contribution in [1.29, 1.82) is 0 Å². The number of aryl methyl sites for hydroxylation is 1. The van der Waals surface area contributed by atoms with Crippen LogP contribution >= 0.6 is 39.1 Å². The van der Waals surface area contributed by atoms with Gasteiger partial charge in [-0.25, -0.2) is 15.1 Å². The van der Waals surface area contributed by atoms with Crippen LogP contribution in [0.2, 0.25) is 10.0 Å². The van der Waals surface area contributed by atoms with Gasteiger partial charge >= 0.3 is 0 Å². The molecule has 0 radical (unpaired) electrons. The van der Waals surface area contributed by atoms with E-state index in [9.17, 15) is 14.4 Å².